The average molecular weight is 542 g/mol. The molecule has 0 bridgehead atoms. The SMILES string of the molecule is CC(=O)Nc1cc(-c2nc(-c3ccccc3)cs2)c(-c2nc(-c3ncnn3C)c(-c3nnc(C)o3)s2)cn1. The summed E-state index contributed by atoms with van der Waals surface area (Å²) in [6, 6.07) is 11.8. The van der Waals surface area contributed by atoms with E-state index in [1.165, 1.54) is 35.9 Å². The molecule has 1 aromatic carbocycles. The Morgan fingerprint density at radius 1 is 1.05 bits per heavy atom. The molecular weight excluding hydrogens is 522 g/mol. The van der Waals surface area contributed by atoms with Crippen molar-refractivity contribution in [3.63, 3.8) is 0 Å². The summed E-state index contributed by atoms with van der Waals surface area (Å²) in [7, 11) is 1.79. The number of nitrogens with one attached hydrogen (secondary N) is 1. The Bertz CT molecular complexity index is 1770. The molecular formula is C25H19N9O2S2. The second kappa shape index (κ2) is 9.68. The van der Waals surface area contributed by atoms with Crippen LogP contribution in [0.1, 0.15) is 12.8 Å². The van der Waals surface area contributed by atoms with E-state index in [2.05, 4.69) is 30.6 Å². The molecule has 0 radical (unpaired) electrons. The minimum Gasteiger partial charge on any atom is -0.420 e. The molecule has 0 saturated carbocycles. The highest BCUT2D eigenvalue weighted by Gasteiger charge is 2.25. The number of amides is 1. The summed E-state index contributed by atoms with van der Waals surface area (Å²) in [4.78, 5) is 31.1. The molecule has 5 aromatic heterocycles. The smallest absolute Gasteiger partial charge is 0.260 e. The van der Waals surface area contributed by atoms with Crippen molar-refractivity contribution in [2.45, 2.75) is 13.8 Å². The van der Waals surface area contributed by atoms with Gasteiger partial charge in [0.2, 0.25) is 11.8 Å². The molecule has 0 saturated heterocycles. The minimum absolute atomic E-state index is 0.215. The van der Waals surface area contributed by atoms with Gasteiger partial charge in [-0.3, -0.25) is 4.79 Å². The Hall–Kier alpha value is -4.62. The fourth-order valence-corrected chi connectivity index (χ4v) is 5.69. The summed E-state index contributed by atoms with van der Waals surface area (Å²) in [6.07, 6.45) is 3.15. The van der Waals surface area contributed by atoms with Crippen molar-refractivity contribution in [3.8, 4) is 54.7 Å². The van der Waals surface area contributed by atoms with Crippen LogP contribution < -0.4 is 5.32 Å². The van der Waals surface area contributed by atoms with Crippen LogP contribution in [0, 0.1) is 6.92 Å². The van der Waals surface area contributed by atoms with Crippen LogP contribution in [-0.4, -0.2) is 45.8 Å². The Morgan fingerprint density at radius 2 is 1.89 bits per heavy atom. The van der Waals surface area contributed by atoms with Gasteiger partial charge in [0.1, 0.15) is 32.7 Å². The zero-order valence-corrected chi connectivity index (χ0v) is 22.0. The van der Waals surface area contributed by atoms with Crippen molar-refractivity contribution in [1.82, 2.24) is 39.9 Å². The van der Waals surface area contributed by atoms with E-state index in [0.29, 0.717) is 39.0 Å². The van der Waals surface area contributed by atoms with E-state index in [9.17, 15) is 4.79 Å². The molecule has 1 amide bonds. The number of pyridine rings is 1. The van der Waals surface area contributed by atoms with Crippen LogP contribution in [0.2, 0.25) is 0 Å². The molecule has 5 heterocycles. The summed E-state index contributed by atoms with van der Waals surface area (Å²) < 4.78 is 7.38. The molecule has 13 heteroatoms. The Morgan fingerprint density at radius 3 is 2.61 bits per heavy atom. The molecule has 6 aromatic rings. The van der Waals surface area contributed by atoms with Crippen molar-refractivity contribution >= 4 is 34.4 Å². The Kier molecular flexibility index (Phi) is 6.05. The molecule has 188 valence electrons. The summed E-state index contributed by atoms with van der Waals surface area (Å²) in [5, 5.41) is 18.6. The molecule has 0 aliphatic heterocycles. The fourth-order valence-electron chi connectivity index (χ4n) is 3.82. The number of carbonyl (C=O) groups excluding carboxylic acids is 1. The first-order valence-electron chi connectivity index (χ1n) is 11.4. The van der Waals surface area contributed by atoms with Gasteiger partial charge in [-0.15, -0.1) is 32.9 Å². The van der Waals surface area contributed by atoms with E-state index >= 15 is 0 Å². The highest BCUT2D eigenvalue weighted by Crippen LogP contribution is 2.43. The lowest BCUT2D eigenvalue weighted by Gasteiger charge is -2.08. The first-order valence-corrected chi connectivity index (χ1v) is 13.1. The van der Waals surface area contributed by atoms with Crippen molar-refractivity contribution in [3.05, 3.63) is 60.2 Å². The van der Waals surface area contributed by atoms with Gasteiger partial charge >= 0.3 is 0 Å². The summed E-state index contributed by atoms with van der Waals surface area (Å²) in [5.41, 5.74) is 3.96. The van der Waals surface area contributed by atoms with Crippen LogP contribution in [0.25, 0.3) is 54.7 Å². The van der Waals surface area contributed by atoms with Crippen LogP contribution in [-0.2, 0) is 11.8 Å². The standard InChI is InChI=1S/C25H19N9O2S2/c1-13(35)29-19-9-16(24-30-18(11-37-24)15-7-5-4-6-8-15)17(10-26-19)25-31-20(22-27-12-28-34(22)3)21(38-25)23-33-32-14(2)36-23/h4-12H,1-3H3,(H,26,29,35). The Balaban J connectivity index is 1.52. The maximum absolute atomic E-state index is 11.8. The number of rotatable bonds is 6. The topological polar surface area (TPSA) is 137 Å². The quantitative estimate of drug-likeness (QED) is 0.305. The summed E-state index contributed by atoms with van der Waals surface area (Å²) >= 11 is 2.88. The first-order chi connectivity index (χ1) is 18.5. The predicted molar refractivity (Wildman–Crippen MR) is 144 cm³/mol. The highest BCUT2D eigenvalue weighted by atomic mass is 32.1. The molecule has 0 spiro atoms. The maximum atomic E-state index is 11.8. The highest BCUT2D eigenvalue weighted by molar-refractivity contribution is 7.19. The van der Waals surface area contributed by atoms with Gasteiger partial charge in [-0.05, 0) is 6.07 Å². The normalized spacial score (nSPS) is 11.1. The summed E-state index contributed by atoms with van der Waals surface area (Å²) in [6.45, 7) is 3.18. The number of hydrogen-bond acceptors (Lipinski definition) is 11. The zero-order chi connectivity index (χ0) is 26.2. The molecule has 0 aliphatic carbocycles. The number of benzene rings is 1. The zero-order valence-electron chi connectivity index (χ0n) is 20.4. The minimum atomic E-state index is -0.215. The maximum Gasteiger partial charge on any atom is 0.260 e. The third-order valence-electron chi connectivity index (χ3n) is 5.51. The number of hydrogen-bond donors (Lipinski definition) is 1. The summed E-state index contributed by atoms with van der Waals surface area (Å²) in [5.74, 6) is 1.55. The van der Waals surface area contributed by atoms with Crippen LogP contribution in [0.5, 0.6) is 0 Å². The lowest BCUT2D eigenvalue weighted by molar-refractivity contribution is -0.114. The molecule has 0 atom stereocenters. The largest absolute Gasteiger partial charge is 0.420 e. The van der Waals surface area contributed by atoms with Gasteiger partial charge < -0.3 is 9.73 Å². The van der Waals surface area contributed by atoms with Gasteiger partial charge in [0.15, 0.2) is 5.82 Å². The first kappa shape index (κ1) is 23.8. The van der Waals surface area contributed by atoms with E-state index in [1.54, 1.807) is 24.9 Å². The second-order valence-electron chi connectivity index (χ2n) is 8.23. The van der Waals surface area contributed by atoms with Crippen molar-refractivity contribution < 1.29 is 9.21 Å². The van der Waals surface area contributed by atoms with Crippen LogP contribution >= 0.6 is 22.7 Å². The lowest BCUT2D eigenvalue weighted by atomic mass is 10.1. The van der Waals surface area contributed by atoms with Crippen molar-refractivity contribution in [2.24, 2.45) is 7.05 Å². The number of aromatic nitrogens is 8. The van der Waals surface area contributed by atoms with E-state index in [-0.39, 0.29) is 5.91 Å². The third-order valence-corrected chi connectivity index (χ3v) is 7.47. The van der Waals surface area contributed by atoms with Gasteiger partial charge in [0.25, 0.3) is 5.89 Å². The van der Waals surface area contributed by atoms with E-state index in [0.717, 1.165) is 27.4 Å². The van der Waals surface area contributed by atoms with E-state index < -0.39 is 0 Å². The van der Waals surface area contributed by atoms with Gasteiger partial charge in [-0.1, -0.05) is 30.3 Å². The number of anilines is 1. The second-order valence-corrected chi connectivity index (χ2v) is 10.1. The molecule has 0 fully saturated rings. The number of aryl methyl sites for hydroxylation is 2. The van der Waals surface area contributed by atoms with Crippen molar-refractivity contribution in [1.29, 1.82) is 0 Å². The molecule has 6 rings (SSSR count). The predicted octanol–water partition coefficient (Wildman–Crippen LogP) is 5.11. The molecule has 38 heavy (non-hydrogen) atoms. The van der Waals surface area contributed by atoms with Gasteiger partial charge in [0, 0.05) is 49.2 Å². The van der Waals surface area contributed by atoms with E-state index in [4.69, 9.17) is 14.4 Å². The monoisotopic (exact) mass is 541 g/mol. The number of carbonyl (C=O) groups is 1. The molecule has 0 unspecified atom stereocenters. The van der Waals surface area contributed by atoms with Gasteiger partial charge in [-0.25, -0.2) is 24.6 Å². The number of thiazole rings is 2. The van der Waals surface area contributed by atoms with Crippen LogP contribution in [0.15, 0.2) is 58.7 Å². The van der Waals surface area contributed by atoms with Gasteiger partial charge in [0.05, 0.1) is 5.69 Å². The van der Waals surface area contributed by atoms with Crippen LogP contribution in [0.3, 0.4) is 0 Å². The lowest BCUT2D eigenvalue weighted by Crippen LogP contribution is -2.07. The molecule has 1 N–H and O–H groups in total. The number of nitrogens with zero attached hydrogens (tertiary/aromatic N) is 8. The third kappa shape index (κ3) is 4.48. The van der Waals surface area contributed by atoms with Crippen molar-refractivity contribution in [2.75, 3.05) is 5.32 Å². The molecule has 0 aliphatic rings. The molecule has 11 nitrogen and oxygen atoms in total. The van der Waals surface area contributed by atoms with Crippen LogP contribution in [0.4, 0.5) is 5.82 Å². The average Bonchev–Trinajstić information content (AvgIpc) is 3.71. The van der Waals surface area contributed by atoms with E-state index in [1.807, 2.05) is 41.8 Å². The fraction of sp³-hybridized carbons (Fsp3) is 0.120. The Labute approximate surface area is 224 Å². The van der Waals surface area contributed by atoms with Gasteiger partial charge in [-0.2, -0.15) is 5.10 Å².